The van der Waals surface area contributed by atoms with Crippen LogP contribution in [0.15, 0.2) is 55.0 Å². The lowest BCUT2D eigenvalue weighted by Gasteiger charge is -2.09. The van der Waals surface area contributed by atoms with Gasteiger partial charge in [-0.2, -0.15) is 10.3 Å². The number of hydrogen-bond acceptors (Lipinski definition) is 5. The quantitative estimate of drug-likeness (QED) is 0.590. The first kappa shape index (κ1) is 14.8. The van der Waals surface area contributed by atoms with Crippen LogP contribution < -0.4 is 5.32 Å². The number of aromatic nitrogens is 7. The molecular formula is C16H14N8O. The number of amides is 1. The molecule has 3 heterocycles. The highest BCUT2D eigenvalue weighted by Crippen LogP contribution is 2.20. The summed E-state index contributed by atoms with van der Waals surface area (Å²) in [6, 6.07) is 11.0. The van der Waals surface area contributed by atoms with Crippen LogP contribution in [0, 0.1) is 0 Å². The number of H-pyrrole nitrogens is 1. The Kier molecular flexibility index (Phi) is 3.58. The van der Waals surface area contributed by atoms with E-state index in [4.69, 9.17) is 0 Å². The van der Waals surface area contributed by atoms with E-state index in [1.54, 1.807) is 30.1 Å². The maximum atomic E-state index is 12.7. The van der Waals surface area contributed by atoms with E-state index in [1.165, 1.54) is 0 Å². The number of tetrazole rings is 1. The number of carbonyl (C=O) groups excluding carboxylic acids is 1. The second-order valence-corrected chi connectivity index (χ2v) is 5.37. The number of carbonyl (C=O) groups is 1. The first-order valence-corrected chi connectivity index (χ1v) is 7.53. The number of rotatable bonds is 4. The Labute approximate surface area is 142 Å². The SMILES string of the molecule is Cn1ncc(C(=O)Nc2cccc(-c3nn[nH]n3)c2)c1-n1cccc1. The Morgan fingerprint density at radius 2 is 2.04 bits per heavy atom. The van der Waals surface area contributed by atoms with Gasteiger partial charge in [-0.3, -0.25) is 9.48 Å². The van der Waals surface area contributed by atoms with Crippen molar-refractivity contribution in [3.8, 4) is 17.2 Å². The van der Waals surface area contributed by atoms with Gasteiger partial charge in [0.25, 0.3) is 5.91 Å². The van der Waals surface area contributed by atoms with E-state index in [-0.39, 0.29) is 5.91 Å². The van der Waals surface area contributed by atoms with Crippen molar-refractivity contribution in [3.63, 3.8) is 0 Å². The van der Waals surface area contributed by atoms with Crippen molar-refractivity contribution in [2.24, 2.45) is 7.05 Å². The lowest BCUT2D eigenvalue weighted by atomic mass is 10.2. The van der Waals surface area contributed by atoms with Crippen molar-refractivity contribution in [1.82, 2.24) is 35.0 Å². The van der Waals surface area contributed by atoms with Crippen LogP contribution in [-0.2, 0) is 7.05 Å². The molecule has 0 fully saturated rings. The van der Waals surface area contributed by atoms with Crippen LogP contribution in [0.2, 0.25) is 0 Å². The van der Waals surface area contributed by atoms with Crippen LogP contribution in [0.4, 0.5) is 5.69 Å². The summed E-state index contributed by atoms with van der Waals surface area (Å²) in [4.78, 5) is 12.7. The second-order valence-electron chi connectivity index (χ2n) is 5.37. The monoisotopic (exact) mass is 334 g/mol. The molecule has 9 heteroatoms. The molecule has 3 aromatic heterocycles. The molecule has 0 saturated heterocycles. The van der Waals surface area contributed by atoms with E-state index in [1.807, 2.05) is 41.2 Å². The maximum absolute atomic E-state index is 12.7. The molecule has 0 atom stereocenters. The number of nitrogens with one attached hydrogen (secondary N) is 2. The first-order valence-electron chi connectivity index (χ1n) is 7.53. The van der Waals surface area contributed by atoms with Gasteiger partial charge in [0, 0.05) is 30.7 Å². The van der Waals surface area contributed by atoms with Crippen LogP contribution in [0.3, 0.4) is 0 Å². The van der Waals surface area contributed by atoms with E-state index >= 15 is 0 Å². The van der Waals surface area contributed by atoms with Gasteiger partial charge >= 0.3 is 0 Å². The van der Waals surface area contributed by atoms with Crippen LogP contribution in [0.1, 0.15) is 10.4 Å². The molecule has 2 N–H and O–H groups in total. The standard InChI is InChI=1S/C16H14N8O/c1-23-16(24-7-2-3-8-24)13(10-17-23)15(25)18-12-6-4-5-11(9-12)14-19-21-22-20-14/h2-10H,1H3,(H,18,25)(H,19,20,21,22). The largest absolute Gasteiger partial charge is 0.322 e. The molecule has 0 unspecified atom stereocenters. The van der Waals surface area contributed by atoms with Crippen molar-refractivity contribution in [3.05, 3.63) is 60.6 Å². The Morgan fingerprint density at radius 1 is 1.20 bits per heavy atom. The highest BCUT2D eigenvalue weighted by molar-refractivity contribution is 6.06. The van der Waals surface area contributed by atoms with E-state index in [0.29, 0.717) is 22.9 Å². The van der Waals surface area contributed by atoms with Crippen molar-refractivity contribution in [2.75, 3.05) is 5.32 Å². The van der Waals surface area contributed by atoms with Crippen LogP contribution in [0.5, 0.6) is 0 Å². The van der Waals surface area contributed by atoms with Crippen molar-refractivity contribution in [1.29, 1.82) is 0 Å². The molecule has 0 aliphatic heterocycles. The summed E-state index contributed by atoms with van der Waals surface area (Å²) < 4.78 is 3.50. The van der Waals surface area contributed by atoms with Crippen molar-refractivity contribution in [2.45, 2.75) is 0 Å². The number of aryl methyl sites for hydroxylation is 1. The smallest absolute Gasteiger partial charge is 0.261 e. The van der Waals surface area contributed by atoms with E-state index in [0.717, 1.165) is 5.56 Å². The lowest BCUT2D eigenvalue weighted by molar-refractivity contribution is 0.102. The van der Waals surface area contributed by atoms with Crippen LogP contribution in [-0.4, -0.2) is 40.9 Å². The maximum Gasteiger partial charge on any atom is 0.261 e. The molecule has 0 bridgehead atoms. The zero-order valence-corrected chi connectivity index (χ0v) is 13.3. The number of hydrogen-bond donors (Lipinski definition) is 2. The lowest BCUT2D eigenvalue weighted by Crippen LogP contribution is -2.15. The van der Waals surface area contributed by atoms with Gasteiger partial charge in [-0.05, 0) is 29.5 Å². The van der Waals surface area contributed by atoms with E-state index < -0.39 is 0 Å². The summed E-state index contributed by atoms with van der Waals surface area (Å²) in [5.41, 5.74) is 1.86. The molecule has 0 aliphatic rings. The fraction of sp³-hybridized carbons (Fsp3) is 0.0625. The van der Waals surface area contributed by atoms with Crippen LogP contribution >= 0.6 is 0 Å². The third kappa shape index (κ3) is 2.78. The zero-order chi connectivity index (χ0) is 17.2. The molecule has 4 rings (SSSR count). The molecule has 9 nitrogen and oxygen atoms in total. The van der Waals surface area contributed by atoms with Gasteiger partial charge in [0.05, 0.1) is 6.20 Å². The van der Waals surface area contributed by atoms with E-state index in [9.17, 15) is 4.79 Å². The fourth-order valence-corrected chi connectivity index (χ4v) is 2.59. The van der Waals surface area contributed by atoms with Crippen molar-refractivity contribution >= 4 is 11.6 Å². The molecular weight excluding hydrogens is 320 g/mol. The molecule has 0 spiro atoms. The highest BCUT2D eigenvalue weighted by atomic mass is 16.1. The van der Waals surface area contributed by atoms with Gasteiger partial charge in [-0.25, -0.2) is 0 Å². The molecule has 124 valence electrons. The van der Waals surface area contributed by atoms with E-state index in [2.05, 4.69) is 31.0 Å². The predicted octanol–water partition coefficient (Wildman–Crippen LogP) is 1.64. The Morgan fingerprint density at radius 3 is 2.80 bits per heavy atom. The summed E-state index contributed by atoms with van der Waals surface area (Å²) in [5.74, 6) is 0.907. The topological polar surface area (TPSA) is 106 Å². The first-order chi connectivity index (χ1) is 12.2. The third-order valence-corrected chi connectivity index (χ3v) is 3.73. The average molecular weight is 334 g/mol. The second kappa shape index (κ2) is 6.04. The number of aromatic amines is 1. The van der Waals surface area contributed by atoms with Gasteiger partial charge in [0.2, 0.25) is 5.82 Å². The Bertz CT molecular complexity index is 1000. The van der Waals surface area contributed by atoms with Gasteiger partial charge < -0.3 is 9.88 Å². The minimum atomic E-state index is -0.248. The van der Waals surface area contributed by atoms with Gasteiger partial charge in [-0.15, -0.1) is 10.2 Å². The normalized spacial score (nSPS) is 10.8. The van der Waals surface area contributed by atoms with Gasteiger partial charge in [0.1, 0.15) is 11.4 Å². The predicted molar refractivity (Wildman–Crippen MR) is 90.1 cm³/mol. The minimum Gasteiger partial charge on any atom is -0.322 e. The summed E-state index contributed by atoms with van der Waals surface area (Å²) in [6.07, 6.45) is 5.28. The van der Waals surface area contributed by atoms with Crippen molar-refractivity contribution < 1.29 is 4.79 Å². The molecule has 0 aliphatic carbocycles. The highest BCUT2D eigenvalue weighted by Gasteiger charge is 2.17. The fourth-order valence-electron chi connectivity index (χ4n) is 2.59. The molecule has 0 radical (unpaired) electrons. The molecule has 1 aromatic carbocycles. The molecule has 4 aromatic rings. The summed E-state index contributed by atoms with van der Waals surface area (Å²) >= 11 is 0. The zero-order valence-electron chi connectivity index (χ0n) is 13.3. The Balaban J connectivity index is 1.63. The average Bonchev–Trinajstić information content (AvgIpc) is 3.36. The summed E-state index contributed by atoms with van der Waals surface area (Å²) in [7, 11) is 1.79. The van der Waals surface area contributed by atoms with Gasteiger partial charge in [-0.1, -0.05) is 12.1 Å². The number of nitrogens with zero attached hydrogens (tertiary/aromatic N) is 6. The molecule has 25 heavy (non-hydrogen) atoms. The Hall–Kier alpha value is -3.75. The summed E-state index contributed by atoms with van der Waals surface area (Å²) in [5, 5.41) is 20.9. The third-order valence-electron chi connectivity index (χ3n) is 3.73. The number of benzene rings is 1. The molecule has 1 amide bonds. The molecule has 0 saturated carbocycles. The minimum absolute atomic E-state index is 0.248. The summed E-state index contributed by atoms with van der Waals surface area (Å²) in [6.45, 7) is 0. The van der Waals surface area contributed by atoms with Gasteiger partial charge in [0.15, 0.2) is 0 Å². The number of anilines is 1. The van der Waals surface area contributed by atoms with Crippen LogP contribution in [0.25, 0.3) is 17.2 Å².